The van der Waals surface area contributed by atoms with Crippen LogP contribution in [0, 0.1) is 0 Å². The van der Waals surface area contributed by atoms with Crippen molar-refractivity contribution in [2.24, 2.45) is 0 Å². The molecule has 3 aromatic rings. The van der Waals surface area contributed by atoms with Crippen molar-refractivity contribution < 1.29 is 4.79 Å². The van der Waals surface area contributed by atoms with Crippen molar-refractivity contribution in [3.63, 3.8) is 0 Å². The van der Waals surface area contributed by atoms with E-state index in [1.807, 2.05) is 6.07 Å². The van der Waals surface area contributed by atoms with Crippen molar-refractivity contribution in [1.29, 1.82) is 0 Å². The Balaban J connectivity index is 1.89. The lowest BCUT2D eigenvalue weighted by atomic mass is 10.1. The first kappa shape index (κ1) is 16.8. The van der Waals surface area contributed by atoms with E-state index < -0.39 is 0 Å². The molecule has 2 aromatic carbocycles. The van der Waals surface area contributed by atoms with Crippen molar-refractivity contribution in [3.8, 4) is 0 Å². The van der Waals surface area contributed by atoms with Crippen molar-refractivity contribution in [2.75, 3.05) is 0 Å². The van der Waals surface area contributed by atoms with Gasteiger partial charge in [0, 0.05) is 33.9 Å². The predicted octanol–water partition coefficient (Wildman–Crippen LogP) is 6.36. The van der Waals surface area contributed by atoms with E-state index in [0.29, 0.717) is 0 Å². The van der Waals surface area contributed by atoms with Crippen LogP contribution in [-0.2, 0) is 6.54 Å². The number of hydrogen-bond acceptors (Lipinski definition) is 1. The molecule has 0 aliphatic rings. The molecule has 0 bridgehead atoms. The van der Waals surface area contributed by atoms with E-state index in [-0.39, 0.29) is 5.78 Å². The van der Waals surface area contributed by atoms with Crippen LogP contribution in [0.15, 0.2) is 42.5 Å². The Bertz CT molecular complexity index is 844. The van der Waals surface area contributed by atoms with Crippen molar-refractivity contribution in [2.45, 2.75) is 58.9 Å². The van der Waals surface area contributed by atoms with E-state index in [1.165, 1.54) is 60.3 Å². The SMILES string of the molecule is CCCCCCCCn1c2ccccc2c2cc(C(C)=O)ccc21. The highest BCUT2D eigenvalue weighted by atomic mass is 16.1. The highest BCUT2D eigenvalue weighted by Gasteiger charge is 2.11. The second kappa shape index (κ2) is 7.65. The van der Waals surface area contributed by atoms with Crippen LogP contribution in [-0.4, -0.2) is 10.4 Å². The molecule has 2 heteroatoms. The van der Waals surface area contributed by atoms with Gasteiger partial charge in [-0.15, -0.1) is 0 Å². The summed E-state index contributed by atoms with van der Waals surface area (Å²) < 4.78 is 2.43. The lowest BCUT2D eigenvalue weighted by molar-refractivity contribution is 0.101. The van der Waals surface area contributed by atoms with Crippen LogP contribution in [0.25, 0.3) is 21.8 Å². The maximum Gasteiger partial charge on any atom is 0.159 e. The zero-order chi connectivity index (χ0) is 16.9. The number of nitrogens with zero attached hydrogens (tertiary/aromatic N) is 1. The number of aromatic nitrogens is 1. The van der Waals surface area contributed by atoms with Crippen LogP contribution in [0.1, 0.15) is 62.7 Å². The van der Waals surface area contributed by atoms with E-state index in [4.69, 9.17) is 0 Å². The van der Waals surface area contributed by atoms with Gasteiger partial charge in [-0.3, -0.25) is 4.79 Å². The lowest BCUT2D eigenvalue weighted by Crippen LogP contribution is -1.98. The molecule has 126 valence electrons. The topological polar surface area (TPSA) is 22.0 Å². The number of benzene rings is 2. The van der Waals surface area contributed by atoms with Crippen LogP contribution < -0.4 is 0 Å². The Hall–Kier alpha value is -2.09. The van der Waals surface area contributed by atoms with Crippen LogP contribution >= 0.6 is 0 Å². The van der Waals surface area contributed by atoms with Gasteiger partial charge >= 0.3 is 0 Å². The summed E-state index contributed by atoms with van der Waals surface area (Å²) in [7, 11) is 0. The first-order valence-electron chi connectivity index (χ1n) is 9.24. The molecule has 2 nitrogen and oxygen atoms in total. The monoisotopic (exact) mass is 321 g/mol. The number of rotatable bonds is 8. The van der Waals surface area contributed by atoms with Crippen LogP contribution in [0.4, 0.5) is 0 Å². The Morgan fingerprint density at radius 2 is 1.58 bits per heavy atom. The van der Waals surface area contributed by atoms with Gasteiger partial charge in [0.25, 0.3) is 0 Å². The summed E-state index contributed by atoms with van der Waals surface area (Å²) in [6, 6.07) is 14.7. The quantitative estimate of drug-likeness (QED) is 0.349. The van der Waals surface area contributed by atoms with Gasteiger partial charge in [0.1, 0.15) is 0 Å². The summed E-state index contributed by atoms with van der Waals surface area (Å²) >= 11 is 0. The summed E-state index contributed by atoms with van der Waals surface area (Å²) in [5.41, 5.74) is 3.32. The lowest BCUT2D eigenvalue weighted by Gasteiger charge is -2.08. The number of fused-ring (bicyclic) bond motifs is 3. The molecule has 24 heavy (non-hydrogen) atoms. The normalized spacial score (nSPS) is 11.4. The zero-order valence-electron chi connectivity index (χ0n) is 14.8. The number of Topliss-reactive ketones (excluding diaryl/α,β-unsaturated/α-hetero) is 1. The fourth-order valence-electron chi connectivity index (χ4n) is 3.56. The molecule has 0 saturated carbocycles. The van der Waals surface area contributed by atoms with Gasteiger partial charge in [-0.05, 0) is 37.6 Å². The molecule has 0 atom stereocenters. The number of para-hydroxylation sites is 1. The molecule has 0 aliphatic heterocycles. The molecular weight excluding hydrogens is 294 g/mol. The number of hydrogen-bond donors (Lipinski definition) is 0. The molecular formula is C22H27NO. The number of unbranched alkanes of at least 4 members (excludes halogenated alkanes) is 5. The van der Waals surface area contributed by atoms with E-state index in [2.05, 4.69) is 47.9 Å². The molecule has 0 radical (unpaired) electrons. The van der Waals surface area contributed by atoms with Crippen molar-refractivity contribution >= 4 is 27.6 Å². The maximum atomic E-state index is 11.7. The molecule has 1 aromatic heterocycles. The summed E-state index contributed by atoms with van der Waals surface area (Å²) in [5.74, 6) is 0.129. The minimum Gasteiger partial charge on any atom is -0.340 e. The highest BCUT2D eigenvalue weighted by Crippen LogP contribution is 2.30. The predicted molar refractivity (Wildman–Crippen MR) is 103 cm³/mol. The van der Waals surface area contributed by atoms with Crippen molar-refractivity contribution in [1.82, 2.24) is 4.57 Å². The van der Waals surface area contributed by atoms with Gasteiger partial charge in [-0.2, -0.15) is 0 Å². The van der Waals surface area contributed by atoms with E-state index in [1.54, 1.807) is 6.92 Å². The molecule has 0 N–H and O–H groups in total. The molecule has 1 heterocycles. The summed E-state index contributed by atoms with van der Waals surface area (Å²) in [4.78, 5) is 11.7. The van der Waals surface area contributed by atoms with Crippen LogP contribution in [0.5, 0.6) is 0 Å². The van der Waals surface area contributed by atoms with E-state index in [9.17, 15) is 4.79 Å². The first-order chi connectivity index (χ1) is 11.7. The average molecular weight is 321 g/mol. The third kappa shape index (κ3) is 3.38. The van der Waals surface area contributed by atoms with Crippen LogP contribution in [0.2, 0.25) is 0 Å². The Kier molecular flexibility index (Phi) is 5.34. The Morgan fingerprint density at radius 3 is 2.38 bits per heavy atom. The molecule has 0 amide bonds. The highest BCUT2D eigenvalue weighted by molar-refractivity contribution is 6.10. The molecule has 0 saturated heterocycles. The molecule has 0 aliphatic carbocycles. The number of ketones is 1. The first-order valence-corrected chi connectivity index (χ1v) is 9.24. The average Bonchev–Trinajstić information content (AvgIpc) is 2.91. The van der Waals surface area contributed by atoms with E-state index >= 15 is 0 Å². The van der Waals surface area contributed by atoms with Gasteiger partial charge in [0.2, 0.25) is 0 Å². The Labute approximate surface area is 144 Å². The van der Waals surface area contributed by atoms with Gasteiger partial charge in [-0.1, -0.05) is 57.2 Å². The third-order valence-electron chi connectivity index (χ3n) is 4.91. The standard InChI is InChI=1S/C22H27NO/c1-3-4-5-6-7-10-15-23-21-12-9-8-11-19(21)20-16-18(17(2)24)13-14-22(20)23/h8-9,11-14,16H,3-7,10,15H2,1-2H3. The number of carbonyl (C=O) groups is 1. The van der Waals surface area contributed by atoms with Gasteiger partial charge in [-0.25, -0.2) is 0 Å². The summed E-state index contributed by atoms with van der Waals surface area (Å²) in [6.07, 6.45) is 7.84. The summed E-state index contributed by atoms with van der Waals surface area (Å²) in [6.45, 7) is 4.94. The fraction of sp³-hybridized carbons (Fsp3) is 0.409. The fourth-order valence-corrected chi connectivity index (χ4v) is 3.56. The smallest absolute Gasteiger partial charge is 0.159 e. The van der Waals surface area contributed by atoms with E-state index in [0.717, 1.165) is 12.1 Å². The molecule has 0 unspecified atom stereocenters. The molecule has 0 fully saturated rings. The number of carbonyl (C=O) groups excluding carboxylic acids is 1. The van der Waals surface area contributed by atoms with Gasteiger partial charge in [0.05, 0.1) is 0 Å². The van der Waals surface area contributed by atoms with Crippen molar-refractivity contribution in [3.05, 3.63) is 48.0 Å². The van der Waals surface area contributed by atoms with Gasteiger partial charge in [0.15, 0.2) is 5.78 Å². The maximum absolute atomic E-state index is 11.7. The summed E-state index contributed by atoms with van der Waals surface area (Å²) in [5, 5.41) is 2.45. The third-order valence-corrected chi connectivity index (χ3v) is 4.91. The minimum absolute atomic E-state index is 0.129. The largest absolute Gasteiger partial charge is 0.340 e. The second-order valence-electron chi connectivity index (χ2n) is 6.72. The minimum atomic E-state index is 0.129. The molecule has 0 spiro atoms. The van der Waals surface area contributed by atoms with Gasteiger partial charge < -0.3 is 4.57 Å². The molecule has 3 rings (SSSR count). The number of aryl methyl sites for hydroxylation is 1. The Morgan fingerprint density at radius 1 is 0.875 bits per heavy atom. The zero-order valence-corrected chi connectivity index (χ0v) is 14.8. The van der Waals surface area contributed by atoms with Crippen LogP contribution in [0.3, 0.4) is 0 Å². The second-order valence-corrected chi connectivity index (χ2v) is 6.72.